The molecule has 3 N–H and O–H groups in total. The van der Waals surface area contributed by atoms with Crippen molar-refractivity contribution in [2.45, 2.75) is 12.5 Å². The summed E-state index contributed by atoms with van der Waals surface area (Å²) in [7, 11) is 0. The second-order valence-corrected chi connectivity index (χ2v) is 4.98. The molecule has 6 heteroatoms. The zero-order valence-electron chi connectivity index (χ0n) is 9.79. The van der Waals surface area contributed by atoms with Gasteiger partial charge in [0.15, 0.2) is 5.96 Å². The molecule has 0 aliphatic carbocycles. The van der Waals surface area contributed by atoms with E-state index in [9.17, 15) is 5.11 Å². The third kappa shape index (κ3) is 3.77. The molecule has 0 aromatic heterocycles. The molecule has 4 nitrogen and oxygen atoms in total. The number of halogens is 2. The highest BCUT2D eigenvalue weighted by Gasteiger charge is 2.11. The van der Waals surface area contributed by atoms with E-state index in [1.807, 2.05) is 0 Å². The van der Waals surface area contributed by atoms with Gasteiger partial charge in [0, 0.05) is 29.7 Å². The number of hydrogen-bond acceptors (Lipinski definition) is 4. The predicted octanol–water partition coefficient (Wildman–Crippen LogP) is 1.97. The Bertz CT molecular complexity index is 431. The molecular formula is C12H15Cl2N3O. The summed E-state index contributed by atoms with van der Waals surface area (Å²) in [6, 6.07) is 5.05. The molecule has 0 saturated heterocycles. The summed E-state index contributed by atoms with van der Waals surface area (Å²) < 4.78 is 0. The zero-order chi connectivity index (χ0) is 13.0. The van der Waals surface area contributed by atoms with Crippen LogP contribution in [0.25, 0.3) is 0 Å². The third-order valence-electron chi connectivity index (χ3n) is 2.63. The first-order valence-electron chi connectivity index (χ1n) is 5.81. The van der Waals surface area contributed by atoms with E-state index in [2.05, 4.69) is 15.6 Å². The van der Waals surface area contributed by atoms with Gasteiger partial charge in [-0.15, -0.1) is 0 Å². The maximum atomic E-state index is 10.0. The Morgan fingerprint density at radius 1 is 1.33 bits per heavy atom. The minimum absolute atomic E-state index is 0.364. The number of aliphatic imine (C=N–C) groups is 1. The van der Waals surface area contributed by atoms with Gasteiger partial charge in [-0.05, 0) is 30.2 Å². The van der Waals surface area contributed by atoms with E-state index < -0.39 is 6.10 Å². The van der Waals surface area contributed by atoms with Crippen LogP contribution in [-0.4, -0.2) is 30.7 Å². The largest absolute Gasteiger partial charge is 0.387 e. The lowest BCUT2D eigenvalue weighted by Gasteiger charge is -2.18. The van der Waals surface area contributed by atoms with Gasteiger partial charge in [-0.2, -0.15) is 0 Å². The zero-order valence-corrected chi connectivity index (χ0v) is 11.3. The van der Waals surface area contributed by atoms with Gasteiger partial charge in [0.2, 0.25) is 0 Å². The van der Waals surface area contributed by atoms with E-state index in [0.29, 0.717) is 22.2 Å². The second kappa shape index (κ2) is 6.27. The lowest BCUT2D eigenvalue weighted by atomic mass is 10.1. The first kappa shape index (κ1) is 13.5. The number of guanidine groups is 1. The van der Waals surface area contributed by atoms with E-state index in [-0.39, 0.29) is 0 Å². The molecule has 1 aromatic rings. The van der Waals surface area contributed by atoms with Crippen LogP contribution >= 0.6 is 23.2 Å². The molecule has 0 radical (unpaired) electrons. The molecule has 1 aliphatic heterocycles. The molecule has 1 heterocycles. The highest BCUT2D eigenvalue weighted by Crippen LogP contribution is 2.23. The van der Waals surface area contributed by atoms with Gasteiger partial charge in [-0.3, -0.25) is 4.99 Å². The number of aliphatic hydroxyl groups excluding tert-OH is 1. The van der Waals surface area contributed by atoms with E-state index in [1.165, 1.54) is 0 Å². The van der Waals surface area contributed by atoms with Crippen molar-refractivity contribution in [3.8, 4) is 0 Å². The van der Waals surface area contributed by atoms with E-state index in [4.69, 9.17) is 23.2 Å². The third-order valence-corrected chi connectivity index (χ3v) is 3.07. The molecule has 18 heavy (non-hydrogen) atoms. The Morgan fingerprint density at radius 3 is 2.67 bits per heavy atom. The molecule has 0 saturated carbocycles. The van der Waals surface area contributed by atoms with E-state index >= 15 is 0 Å². The minimum Gasteiger partial charge on any atom is -0.387 e. The van der Waals surface area contributed by atoms with Crippen LogP contribution in [0.15, 0.2) is 23.2 Å². The summed E-state index contributed by atoms with van der Waals surface area (Å²) in [6.07, 6.45) is 0.366. The minimum atomic E-state index is -0.673. The van der Waals surface area contributed by atoms with Gasteiger partial charge < -0.3 is 15.7 Å². The molecule has 1 unspecified atom stereocenters. The Labute approximate surface area is 116 Å². The fourth-order valence-electron chi connectivity index (χ4n) is 1.73. The molecule has 2 rings (SSSR count). The van der Waals surface area contributed by atoms with Gasteiger partial charge in [-0.25, -0.2) is 0 Å². The summed E-state index contributed by atoms with van der Waals surface area (Å²) >= 11 is 11.8. The number of nitrogens with one attached hydrogen (secondary N) is 2. The molecule has 0 bridgehead atoms. The summed E-state index contributed by atoms with van der Waals surface area (Å²) in [6.45, 7) is 2.09. The number of hydrogen-bond donors (Lipinski definition) is 3. The van der Waals surface area contributed by atoms with Crippen molar-refractivity contribution in [2.24, 2.45) is 4.99 Å². The van der Waals surface area contributed by atoms with E-state index in [1.54, 1.807) is 18.2 Å². The highest BCUT2D eigenvalue weighted by molar-refractivity contribution is 6.34. The van der Waals surface area contributed by atoms with Crippen LogP contribution in [0.5, 0.6) is 0 Å². The summed E-state index contributed by atoms with van der Waals surface area (Å²) in [5.41, 5.74) is 0.691. The Morgan fingerprint density at radius 2 is 2.06 bits per heavy atom. The standard InChI is InChI=1S/C12H15Cl2N3O/c13-9-4-8(5-10(14)6-9)11(18)7-17-12-15-2-1-3-16-12/h4-6,11,18H,1-3,7H2,(H2,15,16,17). The monoisotopic (exact) mass is 287 g/mol. The van der Waals surface area contributed by atoms with Crippen molar-refractivity contribution in [2.75, 3.05) is 19.6 Å². The van der Waals surface area contributed by atoms with Crippen LogP contribution in [0.2, 0.25) is 10.0 Å². The molecule has 1 aromatic carbocycles. The average molecular weight is 288 g/mol. The summed E-state index contributed by atoms with van der Waals surface area (Å²) in [5.74, 6) is 0.730. The summed E-state index contributed by atoms with van der Waals surface area (Å²) in [5, 5.41) is 17.3. The fourth-order valence-corrected chi connectivity index (χ4v) is 2.27. The van der Waals surface area contributed by atoms with Gasteiger partial charge in [0.1, 0.15) is 0 Å². The first-order valence-corrected chi connectivity index (χ1v) is 6.57. The molecule has 1 atom stereocenters. The van der Waals surface area contributed by atoms with Crippen LogP contribution in [0.1, 0.15) is 18.1 Å². The van der Waals surface area contributed by atoms with Gasteiger partial charge in [0.05, 0.1) is 6.10 Å². The van der Waals surface area contributed by atoms with Crippen molar-refractivity contribution < 1.29 is 5.11 Å². The van der Waals surface area contributed by atoms with Crippen LogP contribution in [0.4, 0.5) is 0 Å². The van der Waals surface area contributed by atoms with Crippen molar-refractivity contribution in [1.82, 2.24) is 10.6 Å². The van der Waals surface area contributed by atoms with Crippen molar-refractivity contribution in [3.63, 3.8) is 0 Å². The maximum absolute atomic E-state index is 10.0. The second-order valence-electron chi connectivity index (χ2n) is 4.11. The Kier molecular flexibility index (Phi) is 4.69. The number of aliphatic hydroxyl groups is 1. The van der Waals surface area contributed by atoms with Crippen LogP contribution in [0, 0.1) is 0 Å². The molecular weight excluding hydrogens is 273 g/mol. The average Bonchev–Trinajstić information content (AvgIpc) is 2.36. The molecule has 0 amide bonds. The Balaban J connectivity index is 1.94. The molecule has 0 fully saturated rings. The van der Waals surface area contributed by atoms with Crippen molar-refractivity contribution in [3.05, 3.63) is 33.8 Å². The first-order chi connectivity index (χ1) is 8.65. The predicted molar refractivity (Wildman–Crippen MR) is 74.3 cm³/mol. The number of benzene rings is 1. The van der Waals surface area contributed by atoms with Gasteiger partial charge in [-0.1, -0.05) is 23.2 Å². The highest BCUT2D eigenvalue weighted by atomic mass is 35.5. The number of nitrogens with zero attached hydrogens (tertiary/aromatic N) is 1. The molecule has 1 aliphatic rings. The number of rotatable bonds is 3. The fraction of sp³-hybridized carbons (Fsp3) is 0.417. The summed E-state index contributed by atoms with van der Waals surface area (Å²) in [4.78, 5) is 4.26. The SMILES string of the molecule is OC(CNC1=NCCCN1)c1cc(Cl)cc(Cl)c1. The molecule has 0 spiro atoms. The van der Waals surface area contributed by atoms with Crippen molar-refractivity contribution >= 4 is 29.2 Å². The normalized spacial score (nSPS) is 16.7. The van der Waals surface area contributed by atoms with Gasteiger partial charge >= 0.3 is 0 Å². The smallest absolute Gasteiger partial charge is 0.191 e. The quantitative estimate of drug-likeness (QED) is 0.797. The van der Waals surface area contributed by atoms with Gasteiger partial charge in [0.25, 0.3) is 0 Å². The molecule has 98 valence electrons. The maximum Gasteiger partial charge on any atom is 0.191 e. The Hall–Kier alpha value is -0.970. The lowest BCUT2D eigenvalue weighted by molar-refractivity contribution is 0.181. The van der Waals surface area contributed by atoms with Crippen molar-refractivity contribution in [1.29, 1.82) is 0 Å². The topological polar surface area (TPSA) is 56.6 Å². The lowest BCUT2D eigenvalue weighted by Crippen LogP contribution is -2.42. The van der Waals surface area contributed by atoms with E-state index in [0.717, 1.165) is 25.5 Å². The van der Waals surface area contributed by atoms with Crippen LogP contribution in [-0.2, 0) is 0 Å². The van der Waals surface area contributed by atoms with Crippen LogP contribution < -0.4 is 10.6 Å². The van der Waals surface area contributed by atoms with Crippen LogP contribution in [0.3, 0.4) is 0 Å².